The Bertz CT molecular complexity index is 10100. The number of thiophene rings is 2. The maximum atomic E-state index is 6.22. The van der Waals surface area contributed by atoms with Crippen LogP contribution >= 0.6 is 22.7 Å². The van der Waals surface area contributed by atoms with Crippen LogP contribution in [0.3, 0.4) is 0 Å². The van der Waals surface area contributed by atoms with Crippen LogP contribution in [0.1, 0.15) is 0 Å². The SMILES string of the molecule is c1ccc(-c2nc(-c3cccc(-c4ccc5c(c4)oc4ccccc45)c3)nc(-c3cccc4c3c3ccccc3n4-c3ccccc3)n2)cc1.c1ccc(-c2nc(-c3cccc(-c4ccc5c(c4)sc4ccccc45)c3)nc(-c3cccc4c3c3ccccc3n4-c3ccccc3)n2)cc1.c1ccc(-c2nc(-c3cccc(-c4cccc5c4sc4ccccc45)c3)nc(-c3cccc4c3c3ccccc3n4-c3ccccc3)n2)cc1. The third kappa shape index (κ3) is 15.8. The number of fused-ring (bicyclic) bond motifs is 18. The Labute approximate surface area is 869 Å². The predicted molar refractivity (Wildman–Crippen MR) is 621 cm³/mol. The fraction of sp³-hybridized carbons (Fsp3) is 0. The molecule has 150 heavy (non-hydrogen) atoms. The molecule has 0 aliphatic heterocycles. The van der Waals surface area contributed by atoms with Crippen molar-refractivity contribution in [2.24, 2.45) is 0 Å². The molecule has 21 aromatic carbocycles. The van der Waals surface area contributed by atoms with E-state index < -0.39 is 0 Å². The van der Waals surface area contributed by atoms with E-state index in [1.165, 1.54) is 51.5 Å². The number of benzene rings is 21. The van der Waals surface area contributed by atoms with Gasteiger partial charge < -0.3 is 18.1 Å². The molecular weight excluding hydrogens is 1870 g/mol. The van der Waals surface area contributed by atoms with Gasteiger partial charge in [0.2, 0.25) is 0 Å². The van der Waals surface area contributed by atoms with Crippen molar-refractivity contribution in [2.75, 3.05) is 0 Å². The highest BCUT2D eigenvalue weighted by molar-refractivity contribution is 7.26. The van der Waals surface area contributed by atoms with E-state index in [9.17, 15) is 0 Å². The van der Waals surface area contributed by atoms with E-state index in [2.05, 4.69) is 432 Å². The van der Waals surface area contributed by atoms with Crippen LogP contribution in [0.2, 0.25) is 0 Å². The van der Waals surface area contributed by atoms with E-state index >= 15 is 0 Å². The zero-order valence-corrected chi connectivity index (χ0v) is 82.2. The average molecular weight is 1950 g/mol. The molecule has 0 N–H and O–H groups in total. The van der Waals surface area contributed by atoms with Gasteiger partial charge >= 0.3 is 0 Å². The summed E-state index contributed by atoms with van der Waals surface area (Å²) < 4.78 is 18.4. The van der Waals surface area contributed by atoms with Crippen LogP contribution in [-0.4, -0.2) is 58.6 Å². The van der Waals surface area contributed by atoms with Gasteiger partial charge in [-0.25, -0.2) is 44.9 Å². The standard InChI is InChI=1S/C45H28N4O.2C45H28N4S/c1-3-13-29(14-4-1)43-46-44(32-16-11-15-30(27-32)31-25-26-35-34-19-8-10-24-40(34)50-41(35)28-31)48-45(47-43)37-21-12-23-39-42(37)36-20-7-9-22-38(36)49(39)33-17-5-2-6-18-33;1-3-14-29(15-4-1)43-46-44(31-17-11-16-30(28-31)33-22-12-23-35-34-20-8-10-27-40(34)50-42(33)35)48-45(47-43)37-24-13-26-39-41(37)36-21-7-9-25-38(36)49(39)32-18-5-2-6-19-32;1-3-13-29(14-4-1)43-46-44(32-16-11-15-30(27-32)31-25-26-35-34-19-8-10-24-40(34)50-41(35)28-31)48-45(47-43)37-21-12-23-39-42(37)36-20-7-9-22-38(36)49(39)33-17-5-2-6-18-33/h3*1-28H. The van der Waals surface area contributed by atoms with Crippen LogP contribution < -0.4 is 0 Å². The first-order chi connectivity index (χ1) is 74.4. The van der Waals surface area contributed by atoms with Crippen LogP contribution in [0.4, 0.5) is 0 Å². The molecule has 0 fully saturated rings. The number of furan rings is 1. The highest BCUT2D eigenvalue weighted by atomic mass is 32.1. The van der Waals surface area contributed by atoms with Gasteiger partial charge in [0.1, 0.15) is 11.2 Å². The minimum atomic E-state index is 0.615. The summed E-state index contributed by atoms with van der Waals surface area (Å²) in [6.07, 6.45) is 0. The summed E-state index contributed by atoms with van der Waals surface area (Å²) in [5.41, 5.74) is 27.1. The first kappa shape index (κ1) is 88.0. The average Bonchev–Trinajstić information content (AvgIpc) is 1.58. The Morgan fingerprint density at radius 1 is 0.153 bits per heavy atom. The van der Waals surface area contributed by atoms with Crippen LogP contribution in [0.5, 0.6) is 0 Å². The Hall–Kier alpha value is -19.7. The van der Waals surface area contributed by atoms with Crippen molar-refractivity contribution in [1.82, 2.24) is 58.6 Å². The lowest BCUT2D eigenvalue weighted by molar-refractivity contribution is 0.669. The maximum Gasteiger partial charge on any atom is 0.164 e. The highest BCUT2D eigenvalue weighted by Crippen LogP contribution is 2.48. The van der Waals surface area contributed by atoms with E-state index in [0.717, 1.165) is 177 Å². The molecule has 0 saturated carbocycles. The number of hydrogen-bond acceptors (Lipinski definition) is 12. The molecule has 0 aliphatic rings. The van der Waals surface area contributed by atoms with E-state index in [1.807, 2.05) is 114 Å². The second-order valence-electron chi connectivity index (χ2n) is 37.3. The van der Waals surface area contributed by atoms with Gasteiger partial charge in [-0.2, -0.15) is 0 Å². The van der Waals surface area contributed by atoms with Crippen molar-refractivity contribution in [3.05, 3.63) is 510 Å². The lowest BCUT2D eigenvalue weighted by atomic mass is 10.0. The van der Waals surface area contributed by atoms with Gasteiger partial charge in [0.25, 0.3) is 0 Å². The molecule has 13 nitrogen and oxygen atoms in total. The number of nitrogens with zero attached hydrogens (tertiary/aromatic N) is 12. The van der Waals surface area contributed by atoms with Crippen molar-refractivity contribution in [3.8, 4) is 153 Å². The lowest BCUT2D eigenvalue weighted by Crippen LogP contribution is -2.00. The largest absolute Gasteiger partial charge is 0.456 e. The third-order valence-electron chi connectivity index (χ3n) is 28.4. The van der Waals surface area contributed by atoms with Crippen LogP contribution in [0.25, 0.3) is 281 Å². The summed E-state index contributed by atoms with van der Waals surface area (Å²) in [7, 11) is 0. The molecule has 0 atom stereocenters. The van der Waals surface area contributed by atoms with E-state index in [0.29, 0.717) is 52.4 Å². The highest BCUT2D eigenvalue weighted by Gasteiger charge is 2.27. The maximum absolute atomic E-state index is 6.22. The molecule has 0 saturated heterocycles. The third-order valence-corrected chi connectivity index (χ3v) is 30.7. The summed E-state index contributed by atoms with van der Waals surface area (Å²) in [6, 6.07) is 178. The predicted octanol–water partition coefficient (Wildman–Crippen LogP) is 35.5. The summed E-state index contributed by atoms with van der Waals surface area (Å²) in [5, 5.41) is 14.2. The molecule has 30 rings (SSSR count). The molecule has 9 heterocycles. The fourth-order valence-corrected chi connectivity index (χ4v) is 23.9. The van der Waals surface area contributed by atoms with Crippen molar-refractivity contribution < 1.29 is 4.42 Å². The topological polar surface area (TPSA) is 144 Å². The molecule has 702 valence electrons. The van der Waals surface area contributed by atoms with Gasteiger partial charge in [-0.15, -0.1) is 22.7 Å². The number of para-hydroxylation sites is 7. The first-order valence-corrected chi connectivity index (χ1v) is 51.7. The number of rotatable bonds is 15. The monoisotopic (exact) mass is 1950 g/mol. The molecule has 0 bridgehead atoms. The van der Waals surface area contributed by atoms with Crippen LogP contribution in [0.15, 0.2) is 514 Å². The number of aromatic nitrogens is 12. The van der Waals surface area contributed by atoms with Crippen LogP contribution in [-0.2, 0) is 0 Å². The fourth-order valence-electron chi connectivity index (χ4n) is 21.5. The Balaban J connectivity index is 0.000000108. The molecular formula is C135H84N12OS2. The summed E-state index contributed by atoms with van der Waals surface area (Å²) in [4.78, 5) is 46.3. The minimum absolute atomic E-state index is 0.615. The Morgan fingerprint density at radius 3 is 0.867 bits per heavy atom. The zero-order chi connectivity index (χ0) is 99.1. The second kappa shape index (κ2) is 37.5. The van der Waals surface area contributed by atoms with Gasteiger partial charge in [0, 0.05) is 151 Å². The molecule has 30 aromatic rings. The molecule has 0 radical (unpaired) electrons. The van der Waals surface area contributed by atoms with E-state index in [-0.39, 0.29) is 0 Å². The normalized spacial score (nSPS) is 11.6. The van der Waals surface area contributed by atoms with Crippen molar-refractivity contribution in [2.45, 2.75) is 0 Å². The summed E-state index contributed by atoms with van der Waals surface area (Å²) in [6.45, 7) is 0. The van der Waals surface area contributed by atoms with Crippen LogP contribution in [0, 0.1) is 0 Å². The van der Waals surface area contributed by atoms with Gasteiger partial charge in [-0.05, 0) is 161 Å². The summed E-state index contributed by atoms with van der Waals surface area (Å²) >= 11 is 3.68. The van der Waals surface area contributed by atoms with Crippen molar-refractivity contribution in [3.63, 3.8) is 0 Å². The van der Waals surface area contributed by atoms with Crippen molar-refractivity contribution >= 4 is 150 Å². The van der Waals surface area contributed by atoms with Crippen molar-refractivity contribution in [1.29, 1.82) is 0 Å². The van der Waals surface area contributed by atoms with Gasteiger partial charge in [-0.3, -0.25) is 0 Å². The van der Waals surface area contributed by atoms with Gasteiger partial charge in [-0.1, -0.05) is 382 Å². The lowest BCUT2D eigenvalue weighted by Gasteiger charge is -2.11. The smallest absolute Gasteiger partial charge is 0.164 e. The molecule has 0 spiro atoms. The quantitative estimate of drug-likeness (QED) is 0.0973. The van der Waals surface area contributed by atoms with E-state index in [4.69, 9.17) is 49.3 Å². The molecule has 15 heteroatoms. The summed E-state index contributed by atoms with van der Waals surface area (Å²) in [5.74, 6) is 5.74. The second-order valence-corrected chi connectivity index (χ2v) is 39.5. The van der Waals surface area contributed by atoms with Gasteiger partial charge in [0.15, 0.2) is 52.4 Å². The first-order valence-electron chi connectivity index (χ1n) is 50.1. The molecule has 0 aliphatic carbocycles. The molecule has 0 unspecified atom stereocenters. The molecule has 0 amide bonds. The Morgan fingerprint density at radius 2 is 0.427 bits per heavy atom. The van der Waals surface area contributed by atoms with E-state index in [1.54, 1.807) is 0 Å². The minimum Gasteiger partial charge on any atom is -0.456 e. The number of hydrogen-bond donors (Lipinski definition) is 0. The zero-order valence-electron chi connectivity index (χ0n) is 80.6. The Kier molecular flexibility index (Phi) is 22.0. The van der Waals surface area contributed by atoms with Gasteiger partial charge in [0.05, 0.1) is 33.1 Å². The molecule has 9 aromatic heterocycles.